The van der Waals surface area contributed by atoms with Gasteiger partial charge in [-0.25, -0.2) is 8.42 Å². The summed E-state index contributed by atoms with van der Waals surface area (Å²) < 4.78 is 27.2. The maximum Gasteiger partial charge on any atom is 0.264 e. The monoisotopic (exact) mass is 351 g/mol. The van der Waals surface area contributed by atoms with Gasteiger partial charge in [0, 0.05) is 12.3 Å². The molecule has 0 bridgehead atoms. The average Bonchev–Trinajstić information content (AvgIpc) is 2.72. The second kappa shape index (κ2) is 6.32. The zero-order chi connectivity index (χ0) is 14.8. The van der Waals surface area contributed by atoms with Crippen LogP contribution in [0, 0.1) is 0 Å². The Morgan fingerprint density at radius 1 is 1.20 bits per heavy atom. The first-order valence-electron chi connectivity index (χ1n) is 5.60. The molecule has 0 atom stereocenters. The van der Waals surface area contributed by atoms with Crippen LogP contribution in [0.15, 0.2) is 35.2 Å². The van der Waals surface area contributed by atoms with Gasteiger partial charge in [0.15, 0.2) is 0 Å². The normalized spacial score (nSPS) is 11.6. The lowest BCUT2D eigenvalue weighted by molar-refractivity contribution is 0.299. The van der Waals surface area contributed by atoms with Crippen LogP contribution in [0.4, 0.5) is 5.69 Å². The van der Waals surface area contributed by atoms with Crippen molar-refractivity contribution in [2.24, 2.45) is 0 Å². The highest BCUT2D eigenvalue weighted by Gasteiger charge is 2.21. The molecule has 20 heavy (non-hydrogen) atoms. The number of hydrogen-bond acceptors (Lipinski definition) is 4. The Hall–Kier alpha value is -0.790. The van der Waals surface area contributed by atoms with Crippen LogP contribution < -0.4 is 4.72 Å². The summed E-state index contributed by atoms with van der Waals surface area (Å²) >= 11 is 12.6. The van der Waals surface area contributed by atoms with E-state index < -0.39 is 10.0 Å². The predicted octanol–water partition coefficient (Wildman–Crippen LogP) is 3.39. The summed E-state index contributed by atoms with van der Waals surface area (Å²) in [4.78, 5) is -0.0337. The maximum atomic E-state index is 12.2. The Morgan fingerprint density at radius 2 is 1.85 bits per heavy atom. The fourth-order valence-corrected chi connectivity index (χ4v) is 4.80. The molecule has 0 fully saturated rings. The zero-order valence-electron chi connectivity index (χ0n) is 10.1. The SMILES string of the molecule is O=S(=O)(Nc1ccc(CCO)cc1)c1cc(Cl)sc1Cl. The quantitative estimate of drug-likeness (QED) is 0.867. The van der Waals surface area contributed by atoms with Crippen molar-refractivity contribution in [1.82, 2.24) is 0 Å². The number of hydrogen-bond donors (Lipinski definition) is 2. The summed E-state index contributed by atoms with van der Waals surface area (Å²) in [5.41, 5.74) is 1.34. The highest BCUT2D eigenvalue weighted by Crippen LogP contribution is 2.35. The number of nitrogens with one attached hydrogen (secondary N) is 1. The molecular formula is C12H11Cl2NO3S2. The van der Waals surface area contributed by atoms with Crippen molar-refractivity contribution in [3.8, 4) is 0 Å². The van der Waals surface area contributed by atoms with Gasteiger partial charge in [-0.15, -0.1) is 11.3 Å². The van der Waals surface area contributed by atoms with Gasteiger partial charge in [-0.2, -0.15) is 0 Å². The van der Waals surface area contributed by atoms with E-state index >= 15 is 0 Å². The Kier molecular flexibility index (Phi) is 4.93. The molecule has 0 saturated carbocycles. The summed E-state index contributed by atoms with van der Waals surface area (Å²) in [6.07, 6.45) is 0.527. The number of anilines is 1. The van der Waals surface area contributed by atoms with Crippen LogP contribution in [0.25, 0.3) is 0 Å². The van der Waals surface area contributed by atoms with E-state index in [4.69, 9.17) is 28.3 Å². The topological polar surface area (TPSA) is 66.4 Å². The van der Waals surface area contributed by atoms with E-state index in [1.165, 1.54) is 6.07 Å². The summed E-state index contributed by atoms with van der Waals surface area (Å²) in [7, 11) is -3.75. The lowest BCUT2D eigenvalue weighted by Gasteiger charge is -2.07. The molecule has 0 aliphatic carbocycles. The average molecular weight is 352 g/mol. The summed E-state index contributed by atoms with van der Waals surface area (Å²) in [6, 6.07) is 8.07. The minimum Gasteiger partial charge on any atom is -0.396 e. The van der Waals surface area contributed by atoms with Gasteiger partial charge in [0.05, 0.1) is 4.34 Å². The van der Waals surface area contributed by atoms with Gasteiger partial charge >= 0.3 is 0 Å². The third kappa shape index (κ3) is 3.65. The molecule has 0 radical (unpaired) electrons. The fourth-order valence-electron chi connectivity index (χ4n) is 1.59. The van der Waals surface area contributed by atoms with Gasteiger partial charge in [-0.3, -0.25) is 4.72 Å². The summed E-state index contributed by atoms with van der Waals surface area (Å²) in [6.45, 7) is 0.0497. The van der Waals surface area contributed by atoms with Crippen LogP contribution >= 0.6 is 34.5 Å². The highest BCUT2D eigenvalue weighted by atomic mass is 35.5. The van der Waals surface area contributed by atoms with Gasteiger partial charge in [0.1, 0.15) is 9.23 Å². The first-order valence-corrected chi connectivity index (χ1v) is 8.65. The molecule has 2 rings (SSSR count). The molecule has 1 aromatic carbocycles. The van der Waals surface area contributed by atoms with Crippen molar-refractivity contribution in [2.75, 3.05) is 11.3 Å². The Morgan fingerprint density at radius 3 is 2.35 bits per heavy atom. The van der Waals surface area contributed by atoms with Crippen molar-refractivity contribution in [2.45, 2.75) is 11.3 Å². The molecule has 2 aromatic rings. The van der Waals surface area contributed by atoms with E-state index in [9.17, 15) is 8.42 Å². The van der Waals surface area contributed by atoms with Gasteiger partial charge < -0.3 is 5.11 Å². The minimum absolute atomic E-state index is 0.0337. The van der Waals surface area contributed by atoms with Crippen LogP contribution in [0.2, 0.25) is 8.67 Å². The van der Waals surface area contributed by atoms with Gasteiger partial charge in [0.2, 0.25) is 0 Å². The largest absolute Gasteiger partial charge is 0.396 e. The Bertz CT molecular complexity index is 696. The van der Waals surface area contributed by atoms with E-state index in [0.29, 0.717) is 16.4 Å². The molecule has 0 aliphatic heterocycles. The minimum atomic E-state index is -3.75. The number of aliphatic hydroxyl groups is 1. The lowest BCUT2D eigenvalue weighted by Crippen LogP contribution is -2.12. The van der Waals surface area contributed by atoms with E-state index in [2.05, 4.69) is 4.72 Å². The fraction of sp³-hybridized carbons (Fsp3) is 0.167. The first kappa shape index (κ1) is 15.6. The number of sulfonamides is 1. The van der Waals surface area contributed by atoms with Crippen LogP contribution in [0.5, 0.6) is 0 Å². The third-order valence-electron chi connectivity index (χ3n) is 2.52. The van der Waals surface area contributed by atoms with Crippen molar-refractivity contribution in [3.05, 3.63) is 44.6 Å². The lowest BCUT2D eigenvalue weighted by atomic mass is 10.1. The predicted molar refractivity (Wildman–Crippen MR) is 82.4 cm³/mol. The second-order valence-corrected chi connectivity index (χ2v) is 7.90. The maximum absolute atomic E-state index is 12.2. The molecule has 0 aliphatic rings. The van der Waals surface area contributed by atoms with E-state index in [-0.39, 0.29) is 15.8 Å². The van der Waals surface area contributed by atoms with Crippen molar-refractivity contribution < 1.29 is 13.5 Å². The van der Waals surface area contributed by atoms with Gasteiger partial charge in [-0.1, -0.05) is 35.3 Å². The number of halogens is 2. The number of rotatable bonds is 5. The highest BCUT2D eigenvalue weighted by molar-refractivity contribution is 7.93. The molecular weight excluding hydrogens is 341 g/mol. The number of thiophene rings is 1. The van der Waals surface area contributed by atoms with Crippen molar-refractivity contribution in [3.63, 3.8) is 0 Å². The van der Waals surface area contributed by atoms with Gasteiger partial charge in [0.25, 0.3) is 10.0 Å². The molecule has 0 saturated heterocycles. The first-order chi connectivity index (χ1) is 9.42. The summed E-state index contributed by atoms with van der Waals surface area (Å²) in [5.74, 6) is 0. The second-order valence-electron chi connectivity index (χ2n) is 3.96. The molecule has 8 heteroatoms. The molecule has 108 valence electrons. The summed E-state index contributed by atoms with van der Waals surface area (Å²) in [5, 5.41) is 8.82. The molecule has 2 N–H and O–H groups in total. The number of benzene rings is 1. The molecule has 0 amide bonds. The Balaban J connectivity index is 2.22. The van der Waals surface area contributed by atoms with Crippen LogP contribution in [-0.2, 0) is 16.4 Å². The molecule has 1 aromatic heterocycles. The van der Waals surface area contributed by atoms with E-state index in [1.807, 2.05) is 0 Å². The Labute approximate surface area is 131 Å². The van der Waals surface area contributed by atoms with E-state index in [0.717, 1.165) is 16.9 Å². The molecule has 4 nitrogen and oxygen atoms in total. The third-order valence-corrected chi connectivity index (χ3v) is 5.66. The van der Waals surface area contributed by atoms with Crippen molar-refractivity contribution >= 4 is 50.2 Å². The van der Waals surface area contributed by atoms with Crippen LogP contribution in [-0.4, -0.2) is 20.1 Å². The van der Waals surface area contributed by atoms with Crippen molar-refractivity contribution in [1.29, 1.82) is 0 Å². The molecule has 1 heterocycles. The van der Waals surface area contributed by atoms with Crippen LogP contribution in [0.3, 0.4) is 0 Å². The smallest absolute Gasteiger partial charge is 0.264 e. The molecule has 0 spiro atoms. The molecule has 0 unspecified atom stereocenters. The van der Waals surface area contributed by atoms with Crippen LogP contribution in [0.1, 0.15) is 5.56 Å². The zero-order valence-corrected chi connectivity index (χ0v) is 13.3. The van der Waals surface area contributed by atoms with E-state index in [1.54, 1.807) is 24.3 Å². The standard InChI is InChI=1S/C12H11Cl2NO3S2/c13-11-7-10(12(14)19-11)20(17,18)15-9-3-1-8(2-4-9)5-6-16/h1-4,7,15-16H,5-6H2. The van der Waals surface area contributed by atoms with Gasteiger partial charge in [-0.05, 0) is 30.2 Å². The number of aliphatic hydroxyl groups excluding tert-OH is 1.